The van der Waals surface area contributed by atoms with Crippen molar-refractivity contribution in [3.8, 4) is 5.69 Å². The molecule has 2 heterocycles. The number of carbonyl (C=O) groups excluding carboxylic acids is 1. The van der Waals surface area contributed by atoms with Crippen LogP contribution in [-0.2, 0) is 0 Å². The molecule has 1 aromatic carbocycles. The van der Waals surface area contributed by atoms with Gasteiger partial charge >= 0.3 is 0 Å². The second kappa shape index (κ2) is 5.21. The topological polar surface area (TPSA) is 25.2 Å². The van der Waals surface area contributed by atoms with Crippen molar-refractivity contribution < 1.29 is 4.79 Å². The minimum Gasteiger partial charge on any atom is -0.339 e. The molecule has 98 valence electrons. The molecular formula is C15H15BrN2O. The zero-order chi connectivity index (χ0) is 13.2. The van der Waals surface area contributed by atoms with Crippen molar-refractivity contribution in [2.75, 3.05) is 13.1 Å². The standard InChI is InChI=1S/C15H15BrN2O/c16-14-6-5-12(17-7-1-2-8-17)11-13(14)15(19)18-9-3-4-10-18/h1-2,5-8,11H,3-4,9-10H2. The first-order valence-electron chi connectivity index (χ1n) is 6.48. The van der Waals surface area contributed by atoms with E-state index in [1.54, 1.807) is 0 Å². The molecule has 0 saturated carbocycles. The molecule has 1 aliphatic heterocycles. The van der Waals surface area contributed by atoms with Gasteiger partial charge in [0.1, 0.15) is 0 Å². The Labute approximate surface area is 121 Å². The number of nitrogens with zero attached hydrogens (tertiary/aromatic N) is 2. The van der Waals surface area contributed by atoms with Crippen LogP contribution in [0.25, 0.3) is 5.69 Å². The minimum atomic E-state index is 0.124. The van der Waals surface area contributed by atoms with Crippen molar-refractivity contribution in [2.24, 2.45) is 0 Å². The number of hydrogen-bond acceptors (Lipinski definition) is 1. The highest BCUT2D eigenvalue weighted by Gasteiger charge is 2.21. The predicted molar refractivity (Wildman–Crippen MR) is 78.6 cm³/mol. The lowest BCUT2D eigenvalue weighted by molar-refractivity contribution is 0.0792. The second-order valence-corrected chi connectivity index (χ2v) is 5.61. The third-order valence-corrected chi connectivity index (χ3v) is 4.17. The van der Waals surface area contributed by atoms with E-state index >= 15 is 0 Å². The molecule has 1 aromatic heterocycles. The first-order chi connectivity index (χ1) is 9.25. The maximum Gasteiger partial charge on any atom is 0.255 e. The lowest BCUT2D eigenvalue weighted by Crippen LogP contribution is -2.28. The fourth-order valence-electron chi connectivity index (χ4n) is 2.43. The molecule has 3 nitrogen and oxygen atoms in total. The summed E-state index contributed by atoms with van der Waals surface area (Å²) in [6.45, 7) is 1.75. The van der Waals surface area contributed by atoms with E-state index < -0.39 is 0 Å². The van der Waals surface area contributed by atoms with Crippen LogP contribution in [-0.4, -0.2) is 28.5 Å². The highest BCUT2D eigenvalue weighted by atomic mass is 79.9. The van der Waals surface area contributed by atoms with Crippen molar-refractivity contribution in [2.45, 2.75) is 12.8 Å². The molecule has 0 N–H and O–H groups in total. The first-order valence-corrected chi connectivity index (χ1v) is 7.27. The summed E-state index contributed by atoms with van der Waals surface area (Å²) < 4.78 is 2.87. The molecule has 0 bridgehead atoms. The zero-order valence-corrected chi connectivity index (χ0v) is 12.1. The second-order valence-electron chi connectivity index (χ2n) is 4.75. The Morgan fingerprint density at radius 3 is 2.47 bits per heavy atom. The lowest BCUT2D eigenvalue weighted by atomic mass is 10.1. The largest absolute Gasteiger partial charge is 0.339 e. The Morgan fingerprint density at radius 2 is 1.79 bits per heavy atom. The van der Waals surface area contributed by atoms with Gasteiger partial charge in [0.05, 0.1) is 5.56 Å². The summed E-state index contributed by atoms with van der Waals surface area (Å²) in [5.74, 6) is 0.124. The van der Waals surface area contributed by atoms with Gasteiger partial charge in [-0.1, -0.05) is 0 Å². The van der Waals surface area contributed by atoms with Crippen LogP contribution in [0.2, 0.25) is 0 Å². The molecule has 2 aromatic rings. The highest BCUT2D eigenvalue weighted by Crippen LogP contribution is 2.23. The molecule has 0 spiro atoms. The fourth-order valence-corrected chi connectivity index (χ4v) is 2.85. The van der Waals surface area contributed by atoms with Gasteiger partial charge in [-0.2, -0.15) is 0 Å². The molecule has 1 fully saturated rings. The maximum atomic E-state index is 12.5. The Balaban J connectivity index is 1.96. The molecule has 1 saturated heterocycles. The summed E-state index contributed by atoms with van der Waals surface area (Å²) in [7, 11) is 0. The fraction of sp³-hybridized carbons (Fsp3) is 0.267. The van der Waals surface area contributed by atoms with E-state index in [4.69, 9.17) is 0 Å². The van der Waals surface area contributed by atoms with Gasteiger partial charge in [-0.3, -0.25) is 4.79 Å². The van der Waals surface area contributed by atoms with Gasteiger partial charge in [-0.25, -0.2) is 0 Å². The minimum absolute atomic E-state index is 0.124. The van der Waals surface area contributed by atoms with Gasteiger partial charge in [0, 0.05) is 35.6 Å². The number of likely N-dealkylation sites (tertiary alicyclic amines) is 1. The smallest absolute Gasteiger partial charge is 0.255 e. The lowest BCUT2D eigenvalue weighted by Gasteiger charge is -2.17. The van der Waals surface area contributed by atoms with Crippen molar-refractivity contribution in [1.29, 1.82) is 0 Å². The van der Waals surface area contributed by atoms with Crippen molar-refractivity contribution in [1.82, 2.24) is 9.47 Å². The Hall–Kier alpha value is -1.55. The molecule has 3 rings (SSSR count). The van der Waals surface area contributed by atoms with Gasteiger partial charge in [-0.05, 0) is 59.1 Å². The number of benzene rings is 1. The third-order valence-electron chi connectivity index (χ3n) is 3.48. The van der Waals surface area contributed by atoms with Crippen molar-refractivity contribution >= 4 is 21.8 Å². The number of hydrogen-bond donors (Lipinski definition) is 0. The Kier molecular flexibility index (Phi) is 3.42. The van der Waals surface area contributed by atoms with Gasteiger partial charge in [0.25, 0.3) is 5.91 Å². The van der Waals surface area contributed by atoms with Crippen LogP contribution in [0.3, 0.4) is 0 Å². The Morgan fingerprint density at radius 1 is 1.11 bits per heavy atom. The van der Waals surface area contributed by atoms with E-state index in [-0.39, 0.29) is 5.91 Å². The van der Waals surface area contributed by atoms with Gasteiger partial charge in [0.2, 0.25) is 0 Å². The molecule has 0 aliphatic carbocycles. The summed E-state index contributed by atoms with van der Waals surface area (Å²) in [6, 6.07) is 9.85. The SMILES string of the molecule is O=C(c1cc(-n2cccc2)ccc1Br)N1CCCC1. The zero-order valence-electron chi connectivity index (χ0n) is 10.6. The molecule has 0 radical (unpaired) electrons. The molecule has 19 heavy (non-hydrogen) atoms. The maximum absolute atomic E-state index is 12.5. The van der Waals surface area contributed by atoms with Gasteiger partial charge in [-0.15, -0.1) is 0 Å². The van der Waals surface area contributed by atoms with Crippen molar-refractivity contribution in [3.05, 3.63) is 52.8 Å². The van der Waals surface area contributed by atoms with E-state index in [9.17, 15) is 4.79 Å². The number of amides is 1. The molecule has 1 amide bonds. The van der Waals surface area contributed by atoms with Gasteiger partial charge in [0.15, 0.2) is 0 Å². The van der Waals surface area contributed by atoms with Gasteiger partial charge < -0.3 is 9.47 Å². The first kappa shape index (κ1) is 12.5. The third kappa shape index (κ3) is 2.45. The quantitative estimate of drug-likeness (QED) is 0.832. The van der Waals surface area contributed by atoms with Crippen LogP contribution in [0.5, 0.6) is 0 Å². The average Bonchev–Trinajstić information content (AvgIpc) is 3.11. The Bertz CT molecular complexity index is 586. The van der Waals surface area contributed by atoms with Crippen LogP contribution < -0.4 is 0 Å². The molecule has 0 atom stereocenters. The molecule has 1 aliphatic rings. The highest BCUT2D eigenvalue weighted by molar-refractivity contribution is 9.10. The summed E-state index contributed by atoms with van der Waals surface area (Å²) in [5, 5.41) is 0. The summed E-state index contributed by atoms with van der Waals surface area (Å²) in [5.41, 5.74) is 1.75. The van der Waals surface area contributed by atoms with E-state index in [0.717, 1.165) is 41.7 Å². The van der Waals surface area contributed by atoms with E-state index in [0.29, 0.717) is 0 Å². The van der Waals surface area contributed by atoms with Crippen LogP contribution in [0.1, 0.15) is 23.2 Å². The average molecular weight is 319 g/mol. The molecule has 0 unspecified atom stereocenters. The van der Waals surface area contributed by atoms with Crippen LogP contribution in [0.15, 0.2) is 47.2 Å². The normalized spacial score (nSPS) is 14.9. The van der Waals surface area contributed by atoms with E-state index in [2.05, 4.69) is 15.9 Å². The van der Waals surface area contributed by atoms with Crippen molar-refractivity contribution in [3.63, 3.8) is 0 Å². The number of carbonyl (C=O) groups is 1. The summed E-state index contributed by atoms with van der Waals surface area (Å²) in [6.07, 6.45) is 6.18. The summed E-state index contributed by atoms with van der Waals surface area (Å²) >= 11 is 3.48. The van der Waals surface area contributed by atoms with Crippen LogP contribution >= 0.6 is 15.9 Å². The number of aromatic nitrogens is 1. The molecular weight excluding hydrogens is 304 g/mol. The van der Waals surface area contributed by atoms with Crippen LogP contribution in [0.4, 0.5) is 0 Å². The van der Waals surface area contributed by atoms with E-state index in [1.807, 2.05) is 52.2 Å². The number of rotatable bonds is 2. The van der Waals surface area contributed by atoms with Crippen LogP contribution in [0, 0.1) is 0 Å². The predicted octanol–water partition coefficient (Wildman–Crippen LogP) is 3.48. The monoisotopic (exact) mass is 318 g/mol. The summed E-state index contributed by atoms with van der Waals surface area (Å²) in [4.78, 5) is 14.4. The number of halogens is 1. The van der Waals surface area contributed by atoms with E-state index in [1.165, 1.54) is 0 Å². The molecule has 4 heteroatoms.